The van der Waals surface area contributed by atoms with Crippen LogP contribution < -0.4 is 10.5 Å². The number of ether oxygens (including phenoxy) is 2. The highest BCUT2D eigenvalue weighted by Gasteiger charge is 2.17. The molecule has 154 valence electrons. The highest BCUT2D eigenvalue weighted by atomic mass is 19.3. The first-order chi connectivity index (χ1) is 14.5. The Hall–Kier alpha value is -3.45. The van der Waals surface area contributed by atoms with Gasteiger partial charge in [-0.15, -0.1) is 0 Å². The number of fused-ring (bicyclic) bond motifs is 3. The smallest absolute Gasteiger partial charge is 0.387 e. The molecule has 2 N–H and O–H groups in total. The first-order valence-corrected chi connectivity index (χ1v) is 9.34. The number of primary amides is 1. The number of halogens is 2. The maximum atomic E-state index is 12.4. The molecule has 0 saturated heterocycles. The summed E-state index contributed by atoms with van der Waals surface area (Å²) < 4.78 is 36.6. The van der Waals surface area contributed by atoms with Gasteiger partial charge < -0.3 is 19.8 Å². The SMILES string of the molecule is COCc1ccc2c3c(C(N)=O)cccc3n(Cc3ccc(OC(F)F)cc3)c2c1. The molecule has 4 rings (SSSR count). The van der Waals surface area contributed by atoms with E-state index in [9.17, 15) is 13.6 Å². The minimum Gasteiger partial charge on any atom is -0.435 e. The van der Waals surface area contributed by atoms with Gasteiger partial charge in [-0.1, -0.05) is 30.3 Å². The number of hydrogen-bond donors (Lipinski definition) is 1. The maximum absolute atomic E-state index is 12.4. The van der Waals surface area contributed by atoms with Gasteiger partial charge in [0.25, 0.3) is 0 Å². The van der Waals surface area contributed by atoms with Crippen LogP contribution in [0.2, 0.25) is 0 Å². The second-order valence-corrected chi connectivity index (χ2v) is 6.96. The molecule has 4 aromatic rings. The fourth-order valence-corrected chi connectivity index (χ4v) is 3.78. The molecule has 0 fully saturated rings. The third-order valence-electron chi connectivity index (χ3n) is 5.02. The second-order valence-electron chi connectivity index (χ2n) is 6.96. The van der Waals surface area contributed by atoms with Crippen LogP contribution in [0.5, 0.6) is 5.75 Å². The van der Waals surface area contributed by atoms with Crippen LogP contribution in [-0.2, 0) is 17.9 Å². The van der Waals surface area contributed by atoms with Crippen molar-refractivity contribution in [2.24, 2.45) is 5.73 Å². The summed E-state index contributed by atoms with van der Waals surface area (Å²) >= 11 is 0. The summed E-state index contributed by atoms with van der Waals surface area (Å²) in [6.07, 6.45) is 0. The zero-order chi connectivity index (χ0) is 21.3. The zero-order valence-electron chi connectivity index (χ0n) is 16.3. The molecular weight excluding hydrogens is 390 g/mol. The van der Waals surface area contributed by atoms with Gasteiger partial charge in [-0.3, -0.25) is 4.79 Å². The van der Waals surface area contributed by atoms with Crippen LogP contribution in [0.3, 0.4) is 0 Å². The first-order valence-electron chi connectivity index (χ1n) is 9.34. The molecule has 0 unspecified atom stereocenters. The average molecular weight is 410 g/mol. The van der Waals surface area contributed by atoms with Gasteiger partial charge in [0.15, 0.2) is 0 Å². The van der Waals surface area contributed by atoms with Crippen molar-refractivity contribution in [1.29, 1.82) is 0 Å². The van der Waals surface area contributed by atoms with Crippen LogP contribution in [0.4, 0.5) is 8.78 Å². The van der Waals surface area contributed by atoms with Crippen molar-refractivity contribution in [3.63, 3.8) is 0 Å². The Balaban J connectivity index is 1.87. The number of amides is 1. The van der Waals surface area contributed by atoms with Gasteiger partial charge in [0.05, 0.1) is 12.1 Å². The quantitative estimate of drug-likeness (QED) is 0.481. The van der Waals surface area contributed by atoms with Crippen LogP contribution in [0.25, 0.3) is 21.8 Å². The number of methoxy groups -OCH3 is 1. The number of benzene rings is 3. The van der Waals surface area contributed by atoms with Gasteiger partial charge in [-0.25, -0.2) is 0 Å². The molecule has 0 atom stereocenters. The van der Waals surface area contributed by atoms with Crippen LogP contribution in [-0.4, -0.2) is 24.2 Å². The maximum Gasteiger partial charge on any atom is 0.387 e. The van der Waals surface area contributed by atoms with Gasteiger partial charge in [0.1, 0.15) is 5.75 Å². The summed E-state index contributed by atoms with van der Waals surface area (Å²) in [5, 5.41) is 1.71. The first kappa shape index (κ1) is 19.8. The number of hydrogen-bond acceptors (Lipinski definition) is 3. The molecule has 0 spiro atoms. The highest BCUT2D eigenvalue weighted by molar-refractivity contribution is 6.17. The molecule has 0 radical (unpaired) electrons. The van der Waals surface area contributed by atoms with Crippen molar-refractivity contribution in [1.82, 2.24) is 4.57 Å². The topological polar surface area (TPSA) is 66.5 Å². The van der Waals surface area contributed by atoms with E-state index >= 15 is 0 Å². The number of nitrogens with zero attached hydrogens (tertiary/aromatic N) is 1. The van der Waals surface area contributed by atoms with Crippen LogP contribution in [0.1, 0.15) is 21.5 Å². The van der Waals surface area contributed by atoms with Crippen molar-refractivity contribution in [3.8, 4) is 5.75 Å². The summed E-state index contributed by atoms with van der Waals surface area (Å²) in [6, 6.07) is 17.9. The van der Waals surface area contributed by atoms with E-state index in [2.05, 4.69) is 9.30 Å². The fourth-order valence-electron chi connectivity index (χ4n) is 3.78. The van der Waals surface area contributed by atoms with Gasteiger partial charge in [0.2, 0.25) is 5.91 Å². The Bertz CT molecular complexity index is 1220. The summed E-state index contributed by atoms with van der Waals surface area (Å²) in [7, 11) is 1.63. The third kappa shape index (κ3) is 3.71. The molecule has 1 amide bonds. The normalized spacial score (nSPS) is 11.5. The van der Waals surface area contributed by atoms with Crippen molar-refractivity contribution < 1.29 is 23.0 Å². The summed E-state index contributed by atoms with van der Waals surface area (Å²) in [4.78, 5) is 12.0. The van der Waals surface area contributed by atoms with Crippen LogP contribution >= 0.6 is 0 Å². The zero-order valence-corrected chi connectivity index (χ0v) is 16.3. The van der Waals surface area contributed by atoms with Crippen molar-refractivity contribution in [3.05, 3.63) is 77.4 Å². The van der Waals surface area contributed by atoms with Crippen molar-refractivity contribution in [2.75, 3.05) is 7.11 Å². The molecule has 0 saturated carbocycles. The number of alkyl halides is 2. The highest BCUT2D eigenvalue weighted by Crippen LogP contribution is 2.33. The standard InChI is InChI=1S/C23H20F2N2O3/c1-29-13-15-7-10-17-20(11-15)27(19-4-2-3-18(21(17)19)22(26)28)12-14-5-8-16(9-6-14)30-23(24)25/h2-11,23H,12-13H2,1H3,(H2,26,28). The lowest BCUT2D eigenvalue weighted by Gasteiger charge is -2.10. The lowest BCUT2D eigenvalue weighted by atomic mass is 10.0. The Morgan fingerprint density at radius 2 is 1.77 bits per heavy atom. The molecule has 1 heterocycles. The molecule has 0 aliphatic rings. The van der Waals surface area contributed by atoms with E-state index in [-0.39, 0.29) is 5.75 Å². The molecule has 1 aromatic heterocycles. The Morgan fingerprint density at radius 3 is 2.43 bits per heavy atom. The monoisotopic (exact) mass is 410 g/mol. The van der Waals surface area contributed by atoms with E-state index in [0.29, 0.717) is 18.7 Å². The minimum atomic E-state index is -2.86. The number of carbonyl (C=O) groups is 1. The Labute approximate surface area is 171 Å². The summed E-state index contributed by atoms with van der Waals surface area (Å²) in [5.74, 6) is -0.386. The minimum absolute atomic E-state index is 0.106. The third-order valence-corrected chi connectivity index (χ3v) is 5.02. The largest absolute Gasteiger partial charge is 0.435 e. The number of nitrogens with two attached hydrogens (primary N) is 1. The molecule has 5 nitrogen and oxygen atoms in total. The number of aromatic nitrogens is 1. The Kier molecular flexibility index (Phi) is 5.37. The summed E-state index contributed by atoms with van der Waals surface area (Å²) in [6.45, 7) is -1.92. The van der Waals surface area contributed by atoms with E-state index in [0.717, 1.165) is 32.9 Å². The van der Waals surface area contributed by atoms with E-state index in [4.69, 9.17) is 10.5 Å². The van der Waals surface area contributed by atoms with E-state index in [1.54, 1.807) is 31.4 Å². The summed E-state index contributed by atoms with van der Waals surface area (Å²) in [5.41, 5.74) is 9.77. The molecule has 0 aliphatic carbocycles. The molecule has 0 aliphatic heterocycles. The molecule has 3 aromatic carbocycles. The Morgan fingerprint density at radius 1 is 1.03 bits per heavy atom. The molecule has 30 heavy (non-hydrogen) atoms. The lowest BCUT2D eigenvalue weighted by Crippen LogP contribution is -2.11. The van der Waals surface area contributed by atoms with E-state index in [1.807, 2.05) is 24.3 Å². The lowest BCUT2D eigenvalue weighted by molar-refractivity contribution is -0.0498. The predicted octanol–water partition coefficient (Wildman–Crippen LogP) is 4.69. The van der Waals surface area contributed by atoms with Crippen LogP contribution in [0, 0.1) is 0 Å². The number of carbonyl (C=O) groups excluding carboxylic acids is 1. The number of rotatable bonds is 7. The predicted molar refractivity (Wildman–Crippen MR) is 111 cm³/mol. The van der Waals surface area contributed by atoms with Gasteiger partial charge in [-0.05, 0) is 41.5 Å². The van der Waals surface area contributed by atoms with E-state index in [1.165, 1.54) is 12.1 Å². The van der Waals surface area contributed by atoms with Gasteiger partial charge in [-0.2, -0.15) is 8.78 Å². The molecule has 7 heteroatoms. The molecular formula is C23H20F2N2O3. The second kappa shape index (κ2) is 8.12. The van der Waals surface area contributed by atoms with Gasteiger partial charge in [0, 0.05) is 35.5 Å². The van der Waals surface area contributed by atoms with Gasteiger partial charge >= 0.3 is 6.61 Å². The average Bonchev–Trinajstić information content (AvgIpc) is 3.02. The fraction of sp³-hybridized carbons (Fsp3) is 0.174. The van der Waals surface area contributed by atoms with Crippen LogP contribution in [0.15, 0.2) is 60.7 Å². The van der Waals surface area contributed by atoms with Crippen molar-refractivity contribution in [2.45, 2.75) is 19.8 Å². The molecule has 0 bridgehead atoms. The van der Waals surface area contributed by atoms with Crippen molar-refractivity contribution >= 4 is 27.7 Å². The van der Waals surface area contributed by atoms with E-state index < -0.39 is 12.5 Å².